The van der Waals surface area contributed by atoms with Gasteiger partial charge in [0.1, 0.15) is 5.75 Å². The molecule has 0 aliphatic carbocycles. The van der Waals surface area contributed by atoms with Crippen molar-refractivity contribution >= 4 is 38.9 Å². The van der Waals surface area contributed by atoms with Gasteiger partial charge in [-0.1, -0.05) is 23.2 Å². The number of carbonyl (C=O) groups is 1. The molecule has 5 nitrogen and oxygen atoms in total. The maximum Gasteiger partial charge on any atom is 0.258 e. The van der Waals surface area contributed by atoms with Gasteiger partial charge in [0.25, 0.3) is 5.91 Å². The molecule has 0 unspecified atom stereocenters. The number of benzene rings is 1. The van der Waals surface area contributed by atoms with E-state index in [0.717, 1.165) is 0 Å². The molecule has 0 bridgehead atoms. The van der Waals surface area contributed by atoms with E-state index in [2.05, 4.69) is 5.32 Å². The van der Waals surface area contributed by atoms with Crippen LogP contribution in [0.5, 0.6) is 5.75 Å². The summed E-state index contributed by atoms with van der Waals surface area (Å²) in [4.78, 5) is 11.9. The van der Waals surface area contributed by atoms with Gasteiger partial charge in [-0.3, -0.25) is 4.79 Å². The van der Waals surface area contributed by atoms with E-state index >= 15 is 0 Å². The first-order chi connectivity index (χ1) is 9.69. The summed E-state index contributed by atoms with van der Waals surface area (Å²) in [5.41, 5.74) is -0.733. The molecule has 1 aliphatic heterocycles. The lowest BCUT2D eigenvalue weighted by atomic mass is 10.0. The molecule has 0 saturated carbocycles. The number of hydrogen-bond acceptors (Lipinski definition) is 4. The molecule has 0 spiro atoms. The van der Waals surface area contributed by atoms with E-state index in [1.165, 1.54) is 6.07 Å². The van der Waals surface area contributed by atoms with E-state index in [0.29, 0.717) is 22.2 Å². The maximum absolute atomic E-state index is 11.9. The Hall–Kier alpha value is -0.980. The monoisotopic (exact) mass is 351 g/mol. The number of rotatable bonds is 4. The van der Waals surface area contributed by atoms with Crippen LogP contribution in [0.4, 0.5) is 0 Å². The number of carbonyl (C=O) groups excluding carboxylic acids is 1. The van der Waals surface area contributed by atoms with E-state index in [1.807, 2.05) is 0 Å². The zero-order valence-corrected chi connectivity index (χ0v) is 13.7. The van der Waals surface area contributed by atoms with Crippen LogP contribution in [0.25, 0.3) is 0 Å². The van der Waals surface area contributed by atoms with Crippen LogP contribution < -0.4 is 10.1 Å². The minimum Gasteiger partial charge on any atom is -0.482 e. The van der Waals surface area contributed by atoms with Gasteiger partial charge in [-0.05, 0) is 31.5 Å². The molecule has 1 fully saturated rings. The lowest BCUT2D eigenvalue weighted by Gasteiger charge is -2.23. The highest BCUT2D eigenvalue weighted by atomic mass is 35.5. The second-order valence-electron chi connectivity index (χ2n) is 5.31. The Morgan fingerprint density at radius 2 is 2.14 bits per heavy atom. The largest absolute Gasteiger partial charge is 0.482 e. The average molecular weight is 352 g/mol. The highest BCUT2D eigenvalue weighted by Crippen LogP contribution is 2.27. The molecule has 0 aromatic heterocycles. The minimum absolute atomic E-state index is 0.0482. The molecule has 1 aliphatic rings. The highest BCUT2D eigenvalue weighted by molar-refractivity contribution is 7.91. The van der Waals surface area contributed by atoms with Gasteiger partial charge >= 0.3 is 0 Å². The van der Waals surface area contributed by atoms with Crippen LogP contribution in [0.3, 0.4) is 0 Å². The Morgan fingerprint density at radius 1 is 1.43 bits per heavy atom. The summed E-state index contributed by atoms with van der Waals surface area (Å²) >= 11 is 11.7. The Labute approximate surface area is 133 Å². The second-order valence-corrected chi connectivity index (χ2v) is 8.34. The molecule has 1 amide bonds. The Bertz CT molecular complexity index is 662. The smallest absolute Gasteiger partial charge is 0.258 e. The van der Waals surface area contributed by atoms with Crippen LogP contribution in [0.1, 0.15) is 13.3 Å². The summed E-state index contributed by atoms with van der Waals surface area (Å²) in [5, 5.41) is 3.48. The van der Waals surface area contributed by atoms with Gasteiger partial charge in [-0.15, -0.1) is 0 Å². The van der Waals surface area contributed by atoms with Crippen molar-refractivity contribution in [3.63, 3.8) is 0 Å². The van der Waals surface area contributed by atoms with E-state index in [-0.39, 0.29) is 24.0 Å². The third kappa shape index (κ3) is 4.49. The number of ether oxygens (including phenoxy) is 1. The molecule has 1 atom stereocenters. The third-order valence-electron chi connectivity index (χ3n) is 3.20. The maximum atomic E-state index is 11.9. The first-order valence-corrected chi connectivity index (χ1v) is 8.86. The summed E-state index contributed by atoms with van der Waals surface area (Å²) in [6, 6.07) is 4.69. The standard InChI is InChI=1S/C13H15Cl2NO4S/c1-13(4-5-21(18,19)8-13)16-12(17)7-20-11-3-2-9(14)6-10(11)15/h2-3,6H,4-5,7-8H2,1H3,(H,16,17)/t13-/m1/s1. The van der Waals surface area contributed by atoms with Crippen molar-refractivity contribution in [1.82, 2.24) is 5.32 Å². The van der Waals surface area contributed by atoms with Crippen LogP contribution in [0, 0.1) is 0 Å². The highest BCUT2D eigenvalue weighted by Gasteiger charge is 2.39. The fourth-order valence-corrected chi connectivity index (χ4v) is 4.77. The molecule has 1 N–H and O–H groups in total. The predicted octanol–water partition coefficient (Wildman–Crippen LogP) is 2.07. The molecule has 8 heteroatoms. The van der Waals surface area contributed by atoms with Crippen LogP contribution in [-0.2, 0) is 14.6 Å². The third-order valence-corrected chi connectivity index (χ3v) is 5.63. The van der Waals surface area contributed by atoms with Crippen molar-refractivity contribution < 1.29 is 17.9 Å². The van der Waals surface area contributed by atoms with Gasteiger partial charge in [-0.25, -0.2) is 8.42 Å². The van der Waals surface area contributed by atoms with Gasteiger partial charge in [0.05, 0.1) is 22.1 Å². The SMILES string of the molecule is C[C@@]1(NC(=O)COc2ccc(Cl)cc2Cl)CCS(=O)(=O)C1. The van der Waals surface area contributed by atoms with Gasteiger partial charge in [-0.2, -0.15) is 0 Å². The number of halogens is 2. The summed E-state index contributed by atoms with van der Waals surface area (Å²) in [6.07, 6.45) is 0.406. The van der Waals surface area contributed by atoms with E-state index in [9.17, 15) is 13.2 Å². The first kappa shape index (κ1) is 16.4. The number of hydrogen-bond donors (Lipinski definition) is 1. The van der Waals surface area contributed by atoms with Gasteiger partial charge in [0.15, 0.2) is 16.4 Å². The van der Waals surface area contributed by atoms with Crippen molar-refractivity contribution in [3.8, 4) is 5.75 Å². The second kappa shape index (κ2) is 6.02. The molecular formula is C13H15Cl2NO4S. The number of amides is 1. The van der Waals surface area contributed by atoms with Crippen LogP contribution in [0.2, 0.25) is 10.0 Å². The molecule has 1 aromatic carbocycles. The Balaban J connectivity index is 1.91. The first-order valence-electron chi connectivity index (χ1n) is 6.28. The zero-order valence-electron chi connectivity index (χ0n) is 11.4. The van der Waals surface area contributed by atoms with Crippen molar-refractivity contribution in [2.45, 2.75) is 18.9 Å². The minimum atomic E-state index is -3.07. The molecule has 1 aromatic rings. The van der Waals surface area contributed by atoms with Gasteiger partial charge < -0.3 is 10.1 Å². The van der Waals surface area contributed by atoms with E-state index in [1.54, 1.807) is 19.1 Å². The van der Waals surface area contributed by atoms with Crippen molar-refractivity contribution in [2.75, 3.05) is 18.1 Å². The van der Waals surface area contributed by atoms with E-state index < -0.39 is 15.4 Å². The molecular weight excluding hydrogens is 337 g/mol. The molecule has 1 heterocycles. The lowest BCUT2D eigenvalue weighted by molar-refractivity contribution is -0.124. The number of nitrogens with one attached hydrogen (secondary N) is 1. The van der Waals surface area contributed by atoms with Crippen LogP contribution in [-0.4, -0.2) is 38.0 Å². The molecule has 2 rings (SSSR count). The Morgan fingerprint density at radius 3 is 2.71 bits per heavy atom. The summed E-state index contributed by atoms with van der Waals surface area (Å²) in [6.45, 7) is 1.47. The number of sulfone groups is 1. The normalized spacial score (nSPS) is 23.8. The fraction of sp³-hybridized carbons (Fsp3) is 0.462. The molecule has 21 heavy (non-hydrogen) atoms. The summed E-state index contributed by atoms with van der Waals surface area (Å²) < 4.78 is 28.3. The topological polar surface area (TPSA) is 72.5 Å². The fourth-order valence-electron chi connectivity index (χ4n) is 2.22. The van der Waals surface area contributed by atoms with Crippen molar-refractivity contribution in [1.29, 1.82) is 0 Å². The predicted molar refractivity (Wildman–Crippen MR) is 81.8 cm³/mol. The lowest BCUT2D eigenvalue weighted by Crippen LogP contribution is -2.48. The van der Waals surface area contributed by atoms with Gasteiger partial charge in [0, 0.05) is 5.02 Å². The van der Waals surface area contributed by atoms with Gasteiger partial charge in [0.2, 0.25) is 0 Å². The molecule has 0 radical (unpaired) electrons. The molecule has 116 valence electrons. The Kier molecular flexibility index (Phi) is 4.70. The quantitative estimate of drug-likeness (QED) is 0.900. The van der Waals surface area contributed by atoms with Crippen molar-refractivity contribution in [3.05, 3.63) is 28.2 Å². The van der Waals surface area contributed by atoms with Crippen LogP contribution in [0.15, 0.2) is 18.2 Å². The van der Waals surface area contributed by atoms with Crippen LogP contribution >= 0.6 is 23.2 Å². The van der Waals surface area contributed by atoms with Crippen molar-refractivity contribution in [2.24, 2.45) is 0 Å². The van der Waals surface area contributed by atoms with E-state index in [4.69, 9.17) is 27.9 Å². The summed E-state index contributed by atoms with van der Waals surface area (Å²) in [7, 11) is -3.07. The molecule has 1 saturated heterocycles. The average Bonchev–Trinajstić information content (AvgIpc) is 2.62. The summed E-state index contributed by atoms with van der Waals surface area (Å²) in [5.74, 6) is 0.00204. The zero-order chi connectivity index (χ0) is 15.7.